The highest BCUT2D eigenvalue weighted by atomic mass is 32.2. The summed E-state index contributed by atoms with van der Waals surface area (Å²) in [6.07, 6.45) is -0.159. The van der Waals surface area contributed by atoms with Crippen molar-refractivity contribution in [2.75, 3.05) is 10.7 Å². The van der Waals surface area contributed by atoms with E-state index in [4.69, 9.17) is 4.74 Å². The number of para-hydroxylation sites is 2. The first-order chi connectivity index (χ1) is 15.0. The van der Waals surface area contributed by atoms with Crippen molar-refractivity contribution in [2.24, 2.45) is 0 Å². The molecule has 0 saturated carbocycles. The number of carbonyl (C=O) groups excluding carboxylic acids is 1. The van der Waals surface area contributed by atoms with Crippen molar-refractivity contribution in [1.29, 1.82) is 0 Å². The minimum absolute atomic E-state index is 0.151. The van der Waals surface area contributed by atoms with Gasteiger partial charge in [-0.25, -0.2) is 0 Å². The van der Waals surface area contributed by atoms with Crippen molar-refractivity contribution in [1.82, 2.24) is 15.2 Å². The molecule has 0 aliphatic carbocycles. The summed E-state index contributed by atoms with van der Waals surface area (Å²) in [4.78, 5) is 29.9. The van der Waals surface area contributed by atoms with E-state index in [0.717, 1.165) is 12.2 Å². The Hall–Kier alpha value is -3.53. The third-order valence-electron chi connectivity index (χ3n) is 4.69. The smallest absolute Gasteiger partial charge is 0.278 e. The summed E-state index contributed by atoms with van der Waals surface area (Å²) < 4.78 is 6.18. The number of hydrogen-bond donors (Lipinski definition) is 0. The van der Waals surface area contributed by atoms with E-state index in [1.807, 2.05) is 13.0 Å². The summed E-state index contributed by atoms with van der Waals surface area (Å²) in [5, 5.41) is 20.7. The second kappa shape index (κ2) is 8.68. The number of hydrogen-bond acceptors (Lipinski definition) is 8. The summed E-state index contributed by atoms with van der Waals surface area (Å²) in [7, 11) is 0. The van der Waals surface area contributed by atoms with Crippen molar-refractivity contribution < 1.29 is 14.5 Å². The number of anilines is 1. The highest BCUT2D eigenvalue weighted by Gasteiger charge is 2.37. The van der Waals surface area contributed by atoms with Crippen LogP contribution in [0.5, 0.6) is 5.88 Å². The minimum atomic E-state index is -1.10. The Bertz CT molecular complexity index is 1160. The molecule has 3 aromatic rings. The van der Waals surface area contributed by atoms with Crippen LogP contribution in [-0.4, -0.2) is 31.8 Å². The first-order valence-corrected chi connectivity index (χ1v) is 10.7. The Morgan fingerprint density at radius 3 is 2.68 bits per heavy atom. The number of nitrogens with zero attached hydrogens (tertiary/aromatic N) is 5. The van der Waals surface area contributed by atoms with E-state index >= 15 is 0 Å². The second-order valence-electron chi connectivity index (χ2n) is 6.79. The van der Waals surface area contributed by atoms with E-state index in [-0.39, 0.29) is 23.0 Å². The van der Waals surface area contributed by atoms with Crippen LogP contribution in [0.1, 0.15) is 32.1 Å². The topological polar surface area (TPSA) is 111 Å². The van der Waals surface area contributed by atoms with E-state index in [1.165, 1.54) is 29.7 Å². The number of benzene rings is 2. The largest absolute Gasteiger partial charge is 0.447 e. The van der Waals surface area contributed by atoms with E-state index in [2.05, 4.69) is 15.2 Å². The van der Waals surface area contributed by atoms with Gasteiger partial charge in [0.15, 0.2) is 5.69 Å². The lowest BCUT2D eigenvalue weighted by molar-refractivity contribution is -0.386. The van der Waals surface area contributed by atoms with Crippen LogP contribution in [-0.2, 0) is 4.79 Å². The zero-order valence-electron chi connectivity index (χ0n) is 16.9. The van der Waals surface area contributed by atoms with Gasteiger partial charge in [0.1, 0.15) is 0 Å². The molecule has 0 radical (unpaired) electrons. The molecule has 0 unspecified atom stereocenters. The average Bonchev–Trinajstić information content (AvgIpc) is 2.91. The number of fused-ring (bicyclic) bond motifs is 3. The van der Waals surface area contributed by atoms with Gasteiger partial charge in [0.25, 0.3) is 5.69 Å². The molecular formula is C21H19N5O4S. The summed E-state index contributed by atoms with van der Waals surface area (Å²) in [5.74, 6) is 0.648. The molecule has 1 atom stereocenters. The number of ether oxygens (including phenoxy) is 1. The van der Waals surface area contributed by atoms with Crippen molar-refractivity contribution in [3.8, 4) is 17.1 Å². The first-order valence-electron chi connectivity index (χ1n) is 9.68. The van der Waals surface area contributed by atoms with Gasteiger partial charge < -0.3 is 4.74 Å². The van der Waals surface area contributed by atoms with Gasteiger partial charge in [-0.05, 0) is 18.6 Å². The monoisotopic (exact) mass is 437 g/mol. The predicted molar refractivity (Wildman–Crippen MR) is 116 cm³/mol. The van der Waals surface area contributed by atoms with Crippen molar-refractivity contribution in [3.05, 3.63) is 64.2 Å². The SMILES string of the molecule is CCCSc1nnc2c(n1)O[C@@H](c1ccccc1[N+](=O)[O-])N(C(C)=O)c1ccccc1-2. The van der Waals surface area contributed by atoms with E-state index in [1.54, 1.807) is 36.4 Å². The predicted octanol–water partition coefficient (Wildman–Crippen LogP) is 4.39. The fourth-order valence-electron chi connectivity index (χ4n) is 3.37. The number of amides is 1. The van der Waals surface area contributed by atoms with E-state index < -0.39 is 11.2 Å². The molecule has 1 aliphatic rings. The maximum Gasteiger partial charge on any atom is 0.278 e. The average molecular weight is 437 g/mol. The zero-order valence-corrected chi connectivity index (χ0v) is 17.7. The molecule has 9 nitrogen and oxygen atoms in total. The van der Waals surface area contributed by atoms with Crippen molar-refractivity contribution in [2.45, 2.75) is 31.7 Å². The number of aromatic nitrogens is 3. The normalized spacial score (nSPS) is 14.8. The van der Waals surface area contributed by atoms with Crippen LogP contribution in [0.15, 0.2) is 53.7 Å². The van der Waals surface area contributed by atoms with Crippen LogP contribution in [0.3, 0.4) is 0 Å². The molecule has 1 aromatic heterocycles. The standard InChI is InChI=1S/C21H19N5O4S/c1-3-12-31-21-22-19-18(23-24-21)14-8-4-6-10-16(14)25(13(2)27)20(30-19)15-9-5-7-11-17(15)26(28)29/h4-11,20H,3,12H2,1-2H3/t20-/m0/s1. The lowest BCUT2D eigenvalue weighted by atomic mass is 10.1. The minimum Gasteiger partial charge on any atom is -0.447 e. The van der Waals surface area contributed by atoms with Crippen LogP contribution < -0.4 is 9.64 Å². The van der Waals surface area contributed by atoms with Crippen LogP contribution in [0, 0.1) is 10.1 Å². The molecule has 0 N–H and O–H groups in total. The Labute approximate surface area is 182 Å². The molecular weight excluding hydrogens is 418 g/mol. The van der Waals surface area contributed by atoms with Gasteiger partial charge in [-0.15, -0.1) is 10.2 Å². The summed E-state index contributed by atoms with van der Waals surface area (Å²) in [6, 6.07) is 13.3. The van der Waals surface area contributed by atoms with Gasteiger partial charge in [0.2, 0.25) is 23.2 Å². The number of rotatable bonds is 5. The van der Waals surface area contributed by atoms with Crippen molar-refractivity contribution >= 4 is 29.0 Å². The highest BCUT2D eigenvalue weighted by molar-refractivity contribution is 7.99. The fourth-order valence-corrected chi connectivity index (χ4v) is 4.00. The summed E-state index contributed by atoms with van der Waals surface area (Å²) in [6.45, 7) is 3.44. The first kappa shape index (κ1) is 20.7. The second-order valence-corrected chi connectivity index (χ2v) is 7.85. The molecule has 0 spiro atoms. The van der Waals surface area contributed by atoms with Gasteiger partial charge >= 0.3 is 0 Å². The Balaban J connectivity index is 1.95. The Morgan fingerprint density at radius 2 is 1.94 bits per heavy atom. The Morgan fingerprint density at radius 1 is 1.19 bits per heavy atom. The maximum absolute atomic E-state index is 12.8. The molecule has 2 aromatic carbocycles. The maximum atomic E-state index is 12.8. The highest BCUT2D eigenvalue weighted by Crippen LogP contribution is 2.44. The zero-order chi connectivity index (χ0) is 22.0. The third-order valence-corrected chi connectivity index (χ3v) is 5.73. The van der Waals surface area contributed by atoms with Crippen LogP contribution >= 0.6 is 11.8 Å². The van der Waals surface area contributed by atoms with Gasteiger partial charge in [0, 0.05) is 24.3 Å². The fraction of sp³-hybridized carbons (Fsp3) is 0.238. The van der Waals surface area contributed by atoms with Gasteiger partial charge in [-0.1, -0.05) is 49.0 Å². The van der Waals surface area contributed by atoms with Gasteiger partial charge in [0.05, 0.1) is 16.2 Å². The summed E-state index contributed by atoms with van der Waals surface area (Å²) >= 11 is 1.44. The lowest BCUT2D eigenvalue weighted by Crippen LogP contribution is -2.36. The molecule has 158 valence electrons. The van der Waals surface area contributed by atoms with E-state index in [9.17, 15) is 14.9 Å². The molecule has 1 amide bonds. The molecule has 4 rings (SSSR count). The van der Waals surface area contributed by atoms with Crippen LogP contribution in [0.25, 0.3) is 11.3 Å². The van der Waals surface area contributed by atoms with Crippen LogP contribution in [0.4, 0.5) is 11.4 Å². The van der Waals surface area contributed by atoms with Gasteiger partial charge in [-0.3, -0.25) is 19.8 Å². The molecule has 0 bridgehead atoms. The lowest BCUT2D eigenvalue weighted by Gasteiger charge is -2.29. The summed E-state index contributed by atoms with van der Waals surface area (Å²) in [5.41, 5.74) is 1.60. The molecule has 0 saturated heterocycles. The molecule has 31 heavy (non-hydrogen) atoms. The number of nitro benzene ring substituents is 1. The third kappa shape index (κ3) is 3.93. The molecule has 10 heteroatoms. The number of nitro groups is 1. The molecule has 0 fully saturated rings. The Kier molecular flexibility index (Phi) is 5.81. The van der Waals surface area contributed by atoms with E-state index in [0.29, 0.717) is 22.1 Å². The molecule has 1 aliphatic heterocycles. The van der Waals surface area contributed by atoms with Crippen molar-refractivity contribution in [3.63, 3.8) is 0 Å². The number of thioether (sulfide) groups is 1. The number of carbonyl (C=O) groups is 1. The molecule has 2 heterocycles. The quantitative estimate of drug-likeness (QED) is 0.328. The van der Waals surface area contributed by atoms with Crippen LogP contribution in [0.2, 0.25) is 0 Å². The van der Waals surface area contributed by atoms with Gasteiger partial charge in [-0.2, -0.15) is 4.98 Å².